The third kappa shape index (κ3) is 4.00. The lowest BCUT2D eigenvalue weighted by molar-refractivity contribution is 0.307. The van der Waals surface area contributed by atoms with Crippen LogP contribution in [0.4, 0.5) is 8.78 Å². The van der Waals surface area contributed by atoms with Crippen molar-refractivity contribution in [2.75, 3.05) is 0 Å². The van der Waals surface area contributed by atoms with E-state index in [4.69, 9.17) is 27.9 Å². The Morgan fingerprint density at radius 2 is 1.67 bits per heavy atom. The highest BCUT2D eigenvalue weighted by atomic mass is 35.5. The number of aryl methyl sites for hydroxylation is 1. The molecule has 0 saturated heterocycles. The van der Waals surface area contributed by atoms with Crippen molar-refractivity contribution in [3.63, 3.8) is 0 Å². The van der Waals surface area contributed by atoms with E-state index in [2.05, 4.69) is 9.55 Å². The Kier molecular flexibility index (Phi) is 5.67. The number of benzene rings is 2. The van der Waals surface area contributed by atoms with Gasteiger partial charge in [0.25, 0.3) is 0 Å². The van der Waals surface area contributed by atoms with Gasteiger partial charge in [-0.1, -0.05) is 29.3 Å². The van der Waals surface area contributed by atoms with Crippen LogP contribution < -0.4 is 4.74 Å². The second kappa shape index (κ2) is 8.25. The van der Waals surface area contributed by atoms with Gasteiger partial charge in [-0.2, -0.15) is 0 Å². The Morgan fingerprint density at radius 1 is 0.933 bits per heavy atom. The maximum atomic E-state index is 13.5. The predicted octanol–water partition coefficient (Wildman–Crippen LogP) is 6.87. The number of nitrogens with zero attached hydrogens (tertiary/aromatic N) is 2. The fourth-order valence-corrected chi connectivity index (χ4v) is 3.82. The summed E-state index contributed by atoms with van der Waals surface area (Å²) in [6.07, 6.45) is 1.67. The van der Waals surface area contributed by atoms with Crippen molar-refractivity contribution in [1.82, 2.24) is 9.55 Å². The molecular weight excluding hydrogens is 429 g/mol. The second-order valence-electron chi connectivity index (χ2n) is 7.12. The van der Waals surface area contributed by atoms with E-state index in [1.54, 1.807) is 18.3 Å². The third-order valence-corrected chi connectivity index (χ3v) is 5.84. The summed E-state index contributed by atoms with van der Waals surface area (Å²) in [5.74, 6) is -0.688. The van der Waals surface area contributed by atoms with Crippen molar-refractivity contribution in [3.8, 4) is 5.75 Å². The molecule has 0 N–H and O–H groups in total. The van der Waals surface area contributed by atoms with Gasteiger partial charge in [-0.05, 0) is 54.8 Å². The lowest BCUT2D eigenvalue weighted by atomic mass is 10.2. The summed E-state index contributed by atoms with van der Waals surface area (Å²) in [6.45, 7) is 4.59. The van der Waals surface area contributed by atoms with Crippen molar-refractivity contribution in [2.45, 2.75) is 27.0 Å². The largest absolute Gasteiger partial charge is 0.487 e. The van der Waals surface area contributed by atoms with Crippen LogP contribution in [0.5, 0.6) is 5.75 Å². The maximum absolute atomic E-state index is 13.5. The minimum atomic E-state index is -0.636. The van der Waals surface area contributed by atoms with E-state index in [-0.39, 0.29) is 6.61 Å². The van der Waals surface area contributed by atoms with Gasteiger partial charge >= 0.3 is 0 Å². The number of aromatic nitrogens is 2. The molecule has 0 bridgehead atoms. The summed E-state index contributed by atoms with van der Waals surface area (Å²) in [5, 5.41) is 0.987. The zero-order valence-electron chi connectivity index (χ0n) is 16.3. The van der Waals surface area contributed by atoms with E-state index in [0.29, 0.717) is 27.9 Å². The summed E-state index contributed by atoms with van der Waals surface area (Å²) in [4.78, 5) is 4.51. The summed E-state index contributed by atoms with van der Waals surface area (Å²) >= 11 is 12.2. The van der Waals surface area contributed by atoms with E-state index >= 15 is 0 Å². The monoisotopic (exact) mass is 446 g/mol. The summed E-state index contributed by atoms with van der Waals surface area (Å²) in [7, 11) is 0. The molecule has 2 aromatic heterocycles. The van der Waals surface area contributed by atoms with Gasteiger partial charge in [0, 0.05) is 30.6 Å². The van der Waals surface area contributed by atoms with Crippen molar-refractivity contribution in [1.29, 1.82) is 0 Å². The van der Waals surface area contributed by atoms with Gasteiger partial charge in [0.1, 0.15) is 29.5 Å². The molecule has 0 saturated carbocycles. The van der Waals surface area contributed by atoms with Crippen LogP contribution in [0.25, 0.3) is 11.0 Å². The fourth-order valence-electron chi connectivity index (χ4n) is 3.50. The molecular formula is C23H18Cl2F2N2O. The van der Waals surface area contributed by atoms with E-state index in [9.17, 15) is 8.78 Å². The van der Waals surface area contributed by atoms with Crippen LogP contribution in [-0.2, 0) is 13.2 Å². The molecule has 154 valence electrons. The first kappa shape index (κ1) is 20.6. The number of hydrogen-bond donors (Lipinski definition) is 0. The average Bonchev–Trinajstić information content (AvgIpc) is 2.94. The molecule has 30 heavy (non-hydrogen) atoms. The third-order valence-electron chi connectivity index (χ3n) is 5.10. The standard InChI is InChI=1S/C23H18Cl2F2N2O/c1-13-14(2)29(11-15-3-4-19(24)20(25)9-15)23-21(5-6-28-22(13)23)30-12-16-7-17(26)10-18(27)8-16/h3-10H,11-12H2,1-2H3. The number of ether oxygens (including phenoxy) is 1. The van der Waals surface area contributed by atoms with E-state index in [1.807, 2.05) is 26.0 Å². The number of halogens is 4. The topological polar surface area (TPSA) is 27.1 Å². The molecule has 2 heterocycles. The molecule has 0 fully saturated rings. The number of hydrogen-bond acceptors (Lipinski definition) is 2. The first-order chi connectivity index (χ1) is 14.3. The maximum Gasteiger partial charge on any atom is 0.147 e. The first-order valence-electron chi connectivity index (χ1n) is 9.29. The van der Waals surface area contributed by atoms with Crippen LogP contribution >= 0.6 is 23.2 Å². The van der Waals surface area contributed by atoms with Crippen LogP contribution in [0, 0.1) is 25.5 Å². The molecule has 0 aliphatic heterocycles. The minimum Gasteiger partial charge on any atom is -0.487 e. The van der Waals surface area contributed by atoms with Crippen molar-refractivity contribution >= 4 is 34.2 Å². The summed E-state index contributed by atoms with van der Waals surface area (Å²) < 4.78 is 35.1. The fraction of sp³-hybridized carbons (Fsp3) is 0.174. The zero-order valence-corrected chi connectivity index (χ0v) is 17.9. The molecule has 4 rings (SSSR count). The molecule has 0 unspecified atom stereocenters. The predicted molar refractivity (Wildman–Crippen MR) is 115 cm³/mol. The first-order valence-corrected chi connectivity index (χ1v) is 10.0. The molecule has 7 heteroatoms. The van der Waals surface area contributed by atoms with E-state index in [0.717, 1.165) is 33.9 Å². The summed E-state index contributed by atoms with van der Waals surface area (Å²) in [5.41, 5.74) is 5.09. The Labute approximate surface area is 182 Å². The lowest BCUT2D eigenvalue weighted by Crippen LogP contribution is -2.04. The van der Waals surface area contributed by atoms with Gasteiger partial charge in [0.15, 0.2) is 0 Å². The van der Waals surface area contributed by atoms with Gasteiger partial charge in [-0.25, -0.2) is 8.78 Å². The summed E-state index contributed by atoms with van der Waals surface area (Å²) in [6, 6.07) is 10.6. The van der Waals surface area contributed by atoms with Crippen LogP contribution in [0.1, 0.15) is 22.4 Å². The normalized spacial score (nSPS) is 11.3. The van der Waals surface area contributed by atoms with Gasteiger partial charge in [-0.3, -0.25) is 4.98 Å². The van der Waals surface area contributed by atoms with E-state index < -0.39 is 11.6 Å². The quantitative estimate of drug-likeness (QED) is 0.334. The van der Waals surface area contributed by atoms with Crippen molar-refractivity contribution in [3.05, 3.63) is 92.7 Å². The zero-order chi connectivity index (χ0) is 21.4. The highest BCUT2D eigenvalue weighted by molar-refractivity contribution is 6.42. The Balaban J connectivity index is 1.73. The Bertz CT molecular complexity index is 1230. The van der Waals surface area contributed by atoms with Crippen LogP contribution in [-0.4, -0.2) is 9.55 Å². The minimum absolute atomic E-state index is 0.0316. The van der Waals surface area contributed by atoms with Crippen LogP contribution in [0.2, 0.25) is 10.0 Å². The molecule has 0 amide bonds. The molecule has 0 atom stereocenters. The smallest absolute Gasteiger partial charge is 0.147 e. The van der Waals surface area contributed by atoms with Gasteiger partial charge in [0.05, 0.1) is 15.6 Å². The molecule has 4 aromatic rings. The number of rotatable bonds is 5. The highest BCUT2D eigenvalue weighted by Gasteiger charge is 2.17. The molecule has 0 spiro atoms. The number of pyridine rings is 1. The molecule has 2 aromatic carbocycles. The van der Waals surface area contributed by atoms with Crippen molar-refractivity contribution in [2.24, 2.45) is 0 Å². The van der Waals surface area contributed by atoms with E-state index in [1.165, 1.54) is 12.1 Å². The lowest BCUT2D eigenvalue weighted by Gasteiger charge is -2.13. The van der Waals surface area contributed by atoms with Crippen molar-refractivity contribution < 1.29 is 13.5 Å². The van der Waals surface area contributed by atoms with Gasteiger partial charge < -0.3 is 9.30 Å². The molecule has 0 aliphatic rings. The molecule has 3 nitrogen and oxygen atoms in total. The molecule has 0 aliphatic carbocycles. The Morgan fingerprint density at radius 3 is 2.37 bits per heavy atom. The van der Waals surface area contributed by atoms with Crippen LogP contribution in [0.15, 0.2) is 48.7 Å². The van der Waals surface area contributed by atoms with Gasteiger partial charge in [0.2, 0.25) is 0 Å². The Hall–Kier alpha value is -2.63. The SMILES string of the molecule is Cc1c(C)n(Cc2ccc(Cl)c(Cl)c2)c2c(OCc3cc(F)cc(F)c3)ccnc12. The second-order valence-corrected chi connectivity index (χ2v) is 7.93. The van der Waals surface area contributed by atoms with Gasteiger partial charge in [-0.15, -0.1) is 0 Å². The highest BCUT2D eigenvalue weighted by Crippen LogP contribution is 2.33. The molecule has 0 radical (unpaired) electrons. The van der Waals surface area contributed by atoms with Crippen LogP contribution in [0.3, 0.4) is 0 Å². The average molecular weight is 447 g/mol. The number of fused-ring (bicyclic) bond motifs is 1.